The summed E-state index contributed by atoms with van der Waals surface area (Å²) in [6.07, 6.45) is 1.86. The molecule has 74 valence electrons. The number of guanidine groups is 1. The maximum atomic E-state index is 5.87. The van der Waals surface area contributed by atoms with Gasteiger partial charge in [0.1, 0.15) is 5.84 Å². The predicted octanol–water partition coefficient (Wildman–Crippen LogP) is -1.76. The number of amidine groups is 1. The van der Waals surface area contributed by atoms with Crippen LogP contribution in [-0.4, -0.2) is 36.1 Å². The molecule has 1 aliphatic heterocycles. The first-order valence-corrected chi connectivity index (χ1v) is 5.02. The Hall–Kier alpha value is -0.790. The van der Waals surface area contributed by atoms with Crippen LogP contribution in [0.25, 0.3) is 0 Å². The molecule has 0 aliphatic carbocycles. The SMILES string of the molecule is CS[C@@]1(N)CN=C(CN)NC(N)=N1. The van der Waals surface area contributed by atoms with Crippen LogP contribution in [0.4, 0.5) is 0 Å². The van der Waals surface area contributed by atoms with Crippen LogP contribution in [0.1, 0.15) is 0 Å². The molecule has 1 heterocycles. The summed E-state index contributed by atoms with van der Waals surface area (Å²) in [6, 6.07) is 0. The summed E-state index contributed by atoms with van der Waals surface area (Å²) < 4.78 is 0. The molecule has 1 atom stereocenters. The summed E-state index contributed by atoms with van der Waals surface area (Å²) in [5.74, 6) is 0.876. The summed E-state index contributed by atoms with van der Waals surface area (Å²) in [4.78, 5) is 7.46. The number of aliphatic imine (C=N–C) groups is 2. The molecule has 0 saturated carbocycles. The highest BCUT2D eigenvalue weighted by Crippen LogP contribution is 2.18. The van der Waals surface area contributed by atoms with Crippen molar-refractivity contribution in [1.82, 2.24) is 5.32 Å². The standard InChI is InChI=1S/C6H14N6S/c1-13-6(9)3-10-4(2-7)11-5(8)12-6/h2-3,7,9H2,1H3,(H3,8,10,11,12)/t6-/m1/s1. The van der Waals surface area contributed by atoms with Crippen LogP contribution in [0.2, 0.25) is 0 Å². The van der Waals surface area contributed by atoms with Gasteiger partial charge in [-0.05, 0) is 6.26 Å². The van der Waals surface area contributed by atoms with Crippen molar-refractivity contribution in [3.63, 3.8) is 0 Å². The van der Waals surface area contributed by atoms with Crippen LogP contribution in [0, 0.1) is 0 Å². The van der Waals surface area contributed by atoms with E-state index in [2.05, 4.69) is 15.3 Å². The van der Waals surface area contributed by atoms with E-state index >= 15 is 0 Å². The van der Waals surface area contributed by atoms with E-state index in [0.29, 0.717) is 18.9 Å². The molecule has 0 spiro atoms. The molecule has 0 fully saturated rings. The summed E-state index contributed by atoms with van der Waals surface area (Å²) in [5.41, 5.74) is 16.8. The summed E-state index contributed by atoms with van der Waals surface area (Å²) >= 11 is 1.40. The van der Waals surface area contributed by atoms with Crippen LogP contribution in [0.5, 0.6) is 0 Å². The fourth-order valence-corrected chi connectivity index (χ4v) is 1.27. The molecule has 0 radical (unpaired) electrons. The lowest BCUT2D eigenvalue weighted by atomic mass is 10.5. The van der Waals surface area contributed by atoms with Crippen molar-refractivity contribution < 1.29 is 0 Å². The number of rotatable bonds is 2. The van der Waals surface area contributed by atoms with Crippen LogP contribution >= 0.6 is 11.8 Å². The van der Waals surface area contributed by atoms with Gasteiger partial charge in [-0.1, -0.05) is 0 Å². The lowest BCUT2D eigenvalue weighted by molar-refractivity contribution is 0.662. The molecule has 0 aromatic heterocycles. The Morgan fingerprint density at radius 1 is 1.69 bits per heavy atom. The van der Waals surface area contributed by atoms with E-state index in [9.17, 15) is 0 Å². The van der Waals surface area contributed by atoms with Gasteiger partial charge >= 0.3 is 0 Å². The second-order valence-electron chi connectivity index (χ2n) is 2.64. The normalized spacial score (nSPS) is 28.5. The molecule has 6 nitrogen and oxygen atoms in total. The minimum absolute atomic E-state index is 0.263. The molecule has 0 aromatic carbocycles. The Labute approximate surface area is 81.0 Å². The first kappa shape index (κ1) is 10.3. The second kappa shape index (κ2) is 3.95. The number of hydrogen-bond donors (Lipinski definition) is 4. The molecule has 1 aliphatic rings. The van der Waals surface area contributed by atoms with Crippen molar-refractivity contribution >= 4 is 23.6 Å². The minimum atomic E-state index is -0.770. The van der Waals surface area contributed by atoms with Crippen LogP contribution < -0.4 is 22.5 Å². The molecule has 0 saturated heterocycles. The van der Waals surface area contributed by atoms with E-state index in [4.69, 9.17) is 17.2 Å². The summed E-state index contributed by atoms with van der Waals surface area (Å²) in [6.45, 7) is 0.690. The van der Waals surface area contributed by atoms with Crippen molar-refractivity contribution in [3.8, 4) is 0 Å². The topological polar surface area (TPSA) is 115 Å². The van der Waals surface area contributed by atoms with Crippen LogP contribution in [0.15, 0.2) is 9.98 Å². The second-order valence-corrected chi connectivity index (χ2v) is 3.75. The van der Waals surface area contributed by atoms with Crippen molar-refractivity contribution in [2.24, 2.45) is 27.2 Å². The number of nitrogens with two attached hydrogens (primary N) is 3. The highest BCUT2D eigenvalue weighted by atomic mass is 32.2. The lowest BCUT2D eigenvalue weighted by Gasteiger charge is -2.18. The smallest absolute Gasteiger partial charge is 0.196 e. The average Bonchev–Trinajstić information content (AvgIpc) is 2.25. The molecule has 0 aromatic rings. The summed E-state index contributed by atoms with van der Waals surface area (Å²) in [7, 11) is 0. The zero-order valence-electron chi connectivity index (χ0n) is 7.45. The van der Waals surface area contributed by atoms with Gasteiger partial charge < -0.3 is 16.8 Å². The fourth-order valence-electron chi connectivity index (χ4n) is 0.889. The lowest BCUT2D eigenvalue weighted by Crippen LogP contribution is -2.42. The predicted molar refractivity (Wildman–Crippen MR) is 56.5 cm³/mol. The van der Waals surface area contributed by atoms with E-state index in [-0.39, 0.29) is 5.96 Å². The van der Waals surface area contributed by atoms with Gasteiger partial charge in [-0.15, -0.1) is 11.8 Å². The van der Waals surface area contributed by atoms with Crippen LogP contribution in [-0.2, 0) is 0 Å². The zero-order chi connectivity index (χ0) is 9.90. The van der Waals surface area contributed by atoms with Gasteiger partial charge in [0.2, 0.25) is 0 Å². The maximum Gasteiger partial charge on any atom is 0.196 e. The summed E-state index contributed by atoms with van der Waals surface area (Å²) in [5, 5.41) is 2.78. The van der Waals surface area contributed by atoms with E-state index in [0.717, 1.165) is 0 Å². The average molecular weight is 202 g/mol. The Morgan fingerprint density at radius 3 is 2.92 bits per heavy atom. The Bertz CT molecular complexity index is 250. The van der Waals surface area contributed by atoms with Crippen molar-refractivity contribution in [1.29, 1.82) is 0 Å². The van der Waals surface area contributed by atoms with Gasteiger partial charge in [0.05, 0.1) is 13.1 Å². The molecule has 0 unspecified atom stereocenters. The highest BCUT2D eigenvalue weighted by molar-refractivity contribution is 7.99. The quantitative estimate of drug-likeness (QED) is 0.396. The zero-order valence-corrected chi connectivity index (χ0v) is 8.27. The number of nitrogens with one attached hydrogen (secondary N) is 1. The molecular formula is C6H14N6S. The number of nitrogens with zero attached hydrogens (tertiary/aromatic N) is 2. The van der Waals surface area contributed by atoms with Gasteiger partial charge in [-0.25, -0.2) is 4.99 Å². The minimum Gasteiger partial charge on any atom is -0.370 e. The number of thioether (sulfide) groups is 1. The van der Waals surface area contributed by atoms with E-state index in [1.807, 2.05) is 6.26 Å². The van der Waals surface area contributed by atoms with Gasteiger partial charge in [0, 0.05) is 0 Å². The van der Waals surface area contributed by atoms with Crippen molar-refractivity contribution in [2.45, 2.75) is 4.99 Å². The third-order valence-corrected chi connectivity index (χ3v) is 2.55. The van der Waals surface area contributed by atoms with E-state index in [1.54, 1.807) is 0 Å². The van der Waals surface area contributed by atoms with Gasteiger partial charge in [-0.3, -0.25) is 10.7 Å². The highest BCUT2D eigenvalue weighted by Gasteiger charge is 2.25. The van der Waals surface area contributed by atoms with Crippen molar-refractivity contribution in [3.05, 3.63) is 0 Å². The molecule has 0 bridgehead atoms. The molecule has 7 heteroatoms. The van der Waals surface area contributed by atoms with Gasteiger partial charge in [0.15, 0.2) is 11.0 Å². The maximum absolute atomic E-state index is 5.87. The van der Waals surface area contributed by atoms with Gasteiger partial charge in [-0.2, -0.15) is 0 Å². The van der Waals surface area contributed by atoms with E-state index in [1.165, 1.54) is 11.8 Å². The Morgan fingerprint density at radius 2 is 2.38 bits per heavy atom. The van der Waals surface area contributed by atoms with Crippen LogP contribution in [0.3, 0.4) is 0 Å². The largest absolute Gasteiger partial charge is 0.370 e. The van der Waals surface area contributed by atoms with E-state index < -0.39 is 4.99 Å². The monoisotopic (exact) mass is 202 g/mol. The number of hydrogen-bond acceptors (Lipinski definition) is 7. The molecule has 1 rings (SSSR count). The molecule has 0 amide bonds. The molecular weight excluding hydrogens is 188 g/mol. The third-order valence-electron chi connectivity index (χ3n) is 1.63. The Kier molecular flexibility index (Phi) is 3.12. The third kappa shape index (κ3) is 2.58. The molecule has 7 N–H and O–H groups in total. The first-order valence-electron chi connectivity index (χ1n) is 3.79. The Balaban J connectivity index is 2.86. The molecule has 13 heavy (non-hydrogen) atoms. The first-order chi connectivity index (χ1) is 6.09. The van der Waals surface area contributed by atoms with Gasteiger partial charge in [0.25, 0.3) is 0 Å². The fraction of sp³-hybridized carbons (Fsp3) is 0.667. The van der Waals surface area contributed by atoms with Crippen molar-refractivity contribution in [2.75, 3.05) is 19.3 Å².